The molecule has 1 aliphatic heterocycles. The molecule has 1 heterocycles. The molecule has 2 N–H and O–H groups in total. The highest BCUT2D eigenvalue weighted by Gasteiger charge is 2.28. The number of aliphatic imine (C=N–C) groups is 1. The molecule has 1 amide bonds. The molecule has 0 fully saturated rings. The number of carbonyl (C=O) groups excluding carboxylic acids is 1. The van der Waals surface area contributed by atoms with E-state index >= 15 is 0 Å². The summed E-state index contributed by atoms with van der Waals surface area (Å²) in [6, 6.07) is 5.65. The molecule has 1 aromatic rings. The number of hydrogen-bond donors (Lipinski definition) is 2. The Morgan fingerprint density at radius 1 is 1.44 bits per heavy atom. The van der Waals surface area contributed by atoms with Crippen LogP contribution < -0.4 is 10.6 Å². The summed E-state index contributed by atoms with van der Waals surface area (Å²) in [4.78, 5) is 16.3. The van der Waals surface area contributed by atoms with Crippen LogP contribution in [0.4, 0.5) is 0 Å². The van der Waals surface area contributed by atoms with Crippen molar-refractivity contribution in [3.63, 3.8) is 0 Å². The van der Waals surface area contributed by atoms with Crippen LogP contribution >= 0.6 is 15.9 Å². The molecule has 0 aliphatic carbocycles. The Labute approximate surface area is 115 Å². The third-order valence-electron chi connectivity index (χ3n) is 2.69. The van der Waals surface area contributed by atoms with E-state index < -0.39 is 6.04 Å². The van der Waals surface area contributed by atoms with Gasteiger partial charge in [0.05, 0.1) is 0 Å². The first kappa shape index (κ1) is 13.1. The number of aryl methyl sites for hydroxylation is 1. The van der Waals surface area contributed by atoms with Crippen molar-refractivity contribution in [1.29, 1.82) is 0 Å². The molecule has 1 unspecified atom stereocenters. The van der Waals surface area contributed by atoms with E-state index in [4.69, 9.17) is 0 Å². The topological polar surface area (TPSA) is 53.5 Å². The van der Waals surface area contributed by atoms with Crippen molar-refractivity contribution >= 4 is 27.8 Å². The Morgan fingerprint density at radius 3 is 2.78 bits per heavy atom. The smallest absolute Gasteiger partial charge is 0.256 e. The van der Waals surface area contributed by atoms with E-state index in [9.17, 15) is 4.79 Å². The predicted molar refractivity (Wildman–Crippen MR) is 75.5 cm³/mol. The quantitative estimate of drug-likeness (QED) is 0.880. The molecular weight excluding hydrogens is 294 g/mol. The van der Waals surface area contributed by atoms with E-state index in [1.807, 2.05) is 39.0 Å². The normalized spacial score (nSPS) is 18.8. The van der Waals surface area contributed by atoms with E-state index in [-0.39, 0.29) is 11.9 Å². The van der Waals surface area contributed by atoms with Gasteiger partial charge in [-0.15, -0.1) is 0 Å². The fraction of sp³-hybridized carbons (Fsp3) is 0.385. The third kappa shape index (κ3) is 2.72. The number of nitrogens with zero attached hydrogens (tertiary/aromatic N) is 1. The lowest BCUT2D eigenvalue weighted by atomic mass is 10.1. The zero-order valence-electron chi connectivity index (χ0n) is 10.6. The molecule has 4 nitrogen and oxygen atoms in total. The lowest BCUT2D eigenvalue weighted by molar-refractivity contribution is -0.120. The Morgan fingerprint density at radius 2 is 2.17 bits per heavy atom. The second-order valence-electron chi connectivity index (χ2n) is 4.68. The van der Waals surface area contributed by atoms with E-state index in [1.165, 1.54) is 0 Å². The molecule has 2 rings (SSSR count). The molecule has 0 saturated carbocycles. The van der Waals surface area contributed by atoms with Crippen LogP contribution in [0.5, 0.6) is 0 Å². The van der Waals surface area contributed by atoms with Crippen molar-refractivity contribution < 1.29 is 4.79 Å². The first-order chi connectivity index (χ1) is 8.47. The van der Waals surface area contributed by atoms with Gasteiger partial charge < -0.3 is 5.32 Å². The maximum absolute atomic E-state index is 11.9. The summed E-state index contributed by atoms with van der Waals surface area (Å²) >= 11 is 3.47. The summed E-state index contributed by atoms with van der Waals surface area (Å²) in [6.07, 6.45) is 0. The molecule has 5 heteroatoms. The van der Waals surface area contributed by atoms with Gasteiger partial charge in [-0.3, -0.25) is 10.1 Å². The third-order valence-corrected chi connectivity index (χ3v) is 3.54. The van der Waals surface area contributed by atoms with E-state index in [0.717, 1.165) is 15.6 Å². The van der Waals surface area contributed by atoms with Gasteiger partial charge in [0.25, 0.3) is 5.91 Å². The number of guanidine groups is 1. The number of hydrogen-bond acceptors (Lipinski definition) is 3. The van der Waals surface area contributed by atoms with Crippen molar-refractivity contribution in [2.24, 2.45) is 4.99 Å². The predicted octanol–water partition coefficient (Wildman–Crippen LogP) is 2.28. The fourth-order valence-corrected chi connectivity index (χ4v) is 2.15. The second kappa shape index (κ2) is 5.10. The van der Waals surface area contributed by atoms with Gasteiger partial charge in [0, 0.05) is 10.5 Å². The Hall–Kier alpha value is -1.36. The highest BCUT2D eigenvalue weighted by molar-refractivity contribution is 9.10. The largest absolute Gasteiger partial charge is 0.354 e. The zero-order valence-corrected chi connectivity index (χ0v) is 12.2. The maximum Gasteiger partial charge on any atom is 0.256 e. The Balaban J connectivity index is 2.24. The van der Waals surface area contributed by atoms with Crippen LogP contribution in [0, 0.1) is 6.92 Å². The van der Waals surface area contributed by atoms with Gasteiger partial charge in [-0.1, -0.05) is 28.1 Å². The van der Waals surface area contributed by atoms with E-state index in [2.05, 4.69) is 31.6 Å². The van der Waals surface area contributed by atoms with Gasteiger partial charge in [-0.2, -0.15) is 0 Å². The first-order valence-electron chi connectivity index (χ1n) is 5.88. The van der Waals surface area contributed by atoms with Gasteiger partial charge in [-0.25, -0.2) is 4.99 Å². The van der Waals surface area contributed by atoms with Gasteiger partial charge >= 0.3 is 0 Å². The number of amides is 1. The minimum absolute atomic E-state index is 0.0890. The molecule has 96 valence electrons. The minimum atomic E-state index is -0.455. The minimum Gasteiger partial charge on any atom is -0.354 e. The van der Waals surface area contributed by atoms with Crippen LogP contribution in [0.15, 0.2) is 27.7 Å². The highest BCUT2D eigenvalue weighted by Crippen LogP contribution is 2.26. The Bertz CT molecular complexity index is 511. The first-order valence-corrected chi connectivity index (χ1v) is 6.68. The number of halogens is 1. The van der Waals surface area contributed by atoms with Crippen LogP contribution in [0.3, 0.4) is 0 Å². The molecule has 0 aromatic heterocycles. The van der Waals surface area contributed by atoms with Crippen molar-refractivity contribution in [3.05, 3.63) is 33.8 Å². The average molecular weight is 310 g/mol. The lowest BCUT2D eigenvalue weighted by Crippen LogP contribution is -2.40. The van der Waals surface area contributed by atoms with Crippen LogP contribution in [-0.2, 0) is 4.79 Å². The molecule has 0 radical (unpaired) electrons. The summed E-state index contributed by atoms with van der Waals surface area (Å²) in [7, 11) is 0. The standard InChI is InChI=1S/C13H16BrN3O/c1-7(2)15-13-16-11(12(18)17-13)9-5-4-8(3)10(14)6-9/h4-7,11H,1-3H3,(H2,15,16,17,18). The van der Waals surface area contributed by atoms with Gasteiger partial charge in [0.1, 0.15) is 0 Å². The van der Waals surface area contributed by atoms with Crippen molar-refractivity contribution in [2.75, 3.05) is 0 Å². The Kier molecular flexibility index (Phi) is 3.71. The molecule has 1 atom stereocenters. The summed E-state index contributed by atoms with van der Waals surface area (Å²) in [6.45, 7) is 6.02. The molecule has 0 saturated heterocycles. The number of nitrogens with one attached hydrogen (secondary N) is 2. The fourth-order valence-electron chi connectivity index (χ4n) is 1.76. The molecule has 0 spiro atoms. The van der Waals surface area contributed by atoms with Crippen LogP contribution in [0.25, 0.3) is 0 Å². The summed E-state index contributed by atoms with van der Waals surface area (Å²) in [5.74, 6) is 0.464. The average Bonchev–Trinajstić information content (AvgIpc) is 2.62. The highest BCUT2D eigenvalue weighted by atomic mass is 79.9. The van der Waals surface area contributed by atoms with Crippen LogP contribution in [0.1, 0.15) is 31.0 Å². The second-order valence-corrected chi connectivity index (χ2v) is 5.53. The number of rotatable bonds is 2. The summed E-state index contributed by atoms with van der Waals surface area (Å²) < 4.78 is 0.994. The van der Waals surface area contributed by atoms with E-state index in [0.29, 0.717) is 5.96 Å². The summed E-state index contributed by atoms with van der Waals surface area (Å²) in [5.41, 5.74) is 2.03. The van der Waals surface area contributed by atoms with Crippen LogP contribution in [0.2, 0.25) is 0 Å². The SMILES string of the molecule is Cc1ccc(C2N=C(NC(C)C)NC2=O)cc1Br. The van der Waals surface area contributed by atoms with Gasteiger partial charge in [0.15, 0.2) is 12.0 Å². The maximum atomic E-state index is 11.9. The lowest BCUT2D eigenvalue weighted by Gasteiger charge is -2.07. The van der Waals surface area contributed by atoms with Crippen molar-refractivity contribution in [3.8, 4) is 0 Å². The number of benzene rings is 1. The number of carbonyl (C=O) groups is 1. The monoisotopic (exact) mass is 309 g/mol. The van der Waals surface area contributed by atoms with Crippen molar-refractivity contribution in [2.45, 2.75) is 32.9 Å². The summed E-state index contributed by atoms with van der Waals surface area (Å²) in [5, 5.41) is 5.86. The zero-order chi connectivity index (χ0) is 13.3. The molecule has 1 aromatic carbocycles. The van der Waals surface area contributed by atoms with Gasteiger partial charge in [0.2, 0.25) is 0 Å². The van der Waals surface area contributed by atoms with Crippen molar-refractivity contribution in [1.82, 2.24) is 10.6 Å². The van der Waals surface area contributed by atoms with E-state index in [1.54, 1.807) is 0 Å². The molecule has 1 aliphatic rings. The molecule has 0 bridgehead atoms. The van der Waals surface area contributed by atoms with Gasteiger partial charge in [-0.05, 0) is 38.0 Å². The molecule has 18 heavy (non-hydrogen) atoms. The van der Waals surface area contributed by atoms with Crippen LogP contribution in [-0.4, -0.2) is 17.9 Å². The molecular formula is C13H16BrN3O.